The highest BCUT2D eigenvalue weighted by Crippen LogP contribution is 2.20. The van der Waals surface area contributed by atoms with E-state index < -0.39 is 0 Å². The lowest BCUT2D eigenvalue weighted by Crippen LogP contribution is -2.05. The molecule has 0 aliphatic carbocycles. The summed E-state index contributed by atoms with van der Waals surface area (Å²) in [7, 11) is 0. The average molecular weight is 244 g/mol. The van der Waals surface area contributed by atoms with Crippen molar-refractivity contribution in [3.8, 4) is 5.75 Å². The summed E-state index contributed by atoms with van der Waals surface area (Å²) < 4.78 is 5.71. The molecule has 0 bridgehead atoms. The van der Waals surface area contributed by atoms with Crippen molar-refractivity contribution >= 4 is 10.9 Å². The lowest BCUT2D eigenvalue weighted by molar-refractivity contribution is 0.271. The molecule has 0 spiro atoms. The number of fused-ring (bicyclic) bond motifs is 1. The molecule has 0 aliphatic heterocycles. The van der Waals surface area contributed by atoms with Gasteiger partial charge in [0.1, 0.15) is 5.75 Å². The molecule has 18 heavy (non-hydrogen) atoms. The van der Waals surface area contributed by atoms with Crippen LogP contribution in [-0.4, -0.2) is 18.1 Å². The first-order valence-corrected chi connectivity index (χ1v) is 6.41. The van der Waals surface area contributed by atoms with Crippen LogP contribution in [0.25, 0.3) is 10.9 Å². The maximum Gasteiger partial charge on any atom is 0.120 e. The van der Waals surface area contributed by atoms with Crippen molar-refractivity contribution in [3.05, 3.63) is 36.0 Å². The molecule has 1 heterocycles. The number of nitrogens with two attached hydrogens (primary N) is 1. The monoisotopic (exact) mass is 244 g/mol. The highest BCUT2D eigenvalue weighted by molar-refractivity contribution is 5.80. The van der Waals surface area contributed by atoms with E-state index in [4.69, 9.17) is 10.5 Å². The van der Waals surface area contributed by atoms with E-state index in [1.54, 1.807) is 0 Å². The molecule has 0 radical (unpaired) electrons. The Morgan fingerprint density at radius 3 is 2.78 bits per heavy atom. The van der Waals surface area contributed by atoms with Gasteiger partial charge in [0.2, 0.25) is 0 Å². The van der Waals surface area contributed by atoms with Crippen LogP contribution in [0.4, 0.5) is 0 Å². The maximum atomic E-state index is 5.71. The predicted molar refractivity (Wildman–Crippen MR) is 74.8 cm³/mol. The average Bonchev–Trinajstić information content (AvgIpc) is 2.36. The molecule has 0 atom stereocenters. The van der Waals surface area contributed by atoms with Crippen LogP contribution < -0.4 is 10.5 Å². The van der Waals surface area contributed by atoms with Crippen LogP contribution in [0.1, 0.15) is 19.5 Å². The number of ether oxygens (including phenoxy) is 1. The third-order valence-corrected chi connectivity index (χ3v) is 2.70. The van der Waals surface area contributed by atoms with Crippen molar-refractivity contribution in [2.75, 3.05) is 13.2 Å². The number of benzene rings is 1. The molecule has 0 saturated carbocycles. The van der Waals surface area contributed by atoms with Gasteiger partial charge in [-0.2, -0.15) is 0 Å². The molecule has 1 aromatic heterocycles. The molecule has 2 rings (SSSR count). The smallest absolute Gasteiger partial charge is 0.120 e. The molecule has 2 aromatic rings. The van der Waals surface area contributed by atoms with Crippen molar-refractivity contribution in [1.29, 1.82) is 0 Å². The van der Waals surface area contributed by atoms with E-state index in [0.717, 1.165) is 35.4 Å². The highest BCUT2D eigenvalue weighted by atomic mass is 16.5. The molecule has 2 N–H and O–H groups in total. The number of rotatable bonds is 5. The minimum Gasteiger partial charge on any atom is -0.493 e. The summed E-state index contributed by atoms with van der Waals surface area (Å²) >= 11 is 0. The molecular weight excluding hydrogens is 224 g/mol. The van der Waals surface area contributed by atoms with E-state index in [1.807, 2.05) is 24.3 Å². The van der Waals surface area contributed by atoms with Gasteiger partial charge in [-0.15, -0.1) is 0 Å². The predicted octanol–water partition coefficient (Wildman–Crippen LogP) is 2.77. The molecule has 0 saturated heterocycles. The van der Waals surface area contributed by atoms with Gasteiger partial charge in [-0.1, -0.05) is 19.9 Å². The summed E-state index contributed by atoms with van der Waals surface area (Å²) in [6.07, 6.45) is 0.821. The first kappa shape index (κ1) is 12.8. The lowest BCUT2D eigenvalue weighted by Gasteiger charge is -2.09. The maximum absolute atomic E-state index is 5.71. The van der Waals surface area contributed by atoms with Gasteiger partial charge in [0.15, 0.2) is 0 Å². The summed E-state index contributed by atoms with van der Waals surface area (Å²) in [4.78, 5) is 4.57. The second kappa shape index (κ2) is 5.83. The van der Waals surface area contributed by atoms with Crippen LogP contribution in [-0.2, 0) is 6.42 Å². The molecule has 0 unspecified atom stereocenters. The molecule has 3 nitrogen and oxygen atoms in total. The standard InChI is InChI=1S/C15H20N2O/c1-11(2)10-18-14-5-6-15-12(9-14)3-4-13(17-15)7-8-16/h3-6,9,11H,7-8,10,16H2,1-2H3. The Morgan fingerprint density at radius 2 is 2.06 bits per heavy atom. The Kier molecular flexibility index (Phi) is 4.15. The summed E-state index contributed by atoms with van der Waals surface area (Å²) in [6, 6.07) is 10.1. The largest absolute Gasteiger partial charge is 0.493 e. The quantitative estimate of drug-likeness (QED) is 0.879. The molecule has 1 aromatic carbocycles. The summed E-state index contributed by atoms with van der Waals surface area (Å²) in [5, 5.41) is 1.11. The van der Waals surface area contributed by atoms with Gasteiger partial charge < -0.3 is 10.5 Å². The number of nitrogens with zero attached hydrogens (tertiary/aromatic N) is 1. The lowest BCUT2D eigenvalue weighted by atomic mass is 10.1. The third-order valence-electron chi connectivity index (χ3n) is 2.70. The number of hydrogen-bond acceptors (Lipinski definition) is 3. The Hall–Kier alpha value is -1.61. The van der Waals surface area contributed by atoms with Gasteiger partial charge in [0, 0.05) is 17.5 Å². The van der Waals surface area contributed by atoms with Gasteiger partial charge in [-0.25, -0.2) is 0 Å². The zero-order valence-corrected chi connectivity index (χ0v) is 11.0. The van der Waals surface area contributed by atoms with Crippen LogP contribution in [0.15, 0.2) is 30.3 Å². The number of aromatic nitrogens is 1. The summed E-state index contributed by atoms with van der Waals surface area (Å²) in [5.41, 5.74) is 7.58. The van der Waals surface area contributed by atoms with Gasteiger partial charge >= 0.3 is 0 Å². The Morgan fingerprint density at radius 1 is 1.22 bits per heavy atom. The summed E-state index contributed by atoms with van der Waals surface area (Å²) in [5.74, 6) is 1.44. The fourth-order valence-electron chi connectivity index (χ4n) is 1.79. The van der Waals surface area contributed by atoms with Crippen LogP contribution in [0.2, 0.25) is 0 Å². The zero-order chi connectivity index (χ0) is 13.0. The summed E-state index contributed by atoms with van der Waals surface area (Å²) in [6.45, 7) is 5.65. The molecule has 96 valence electrons. The van der Waals surface area contributed by atoms with Crippen molar-refractivity contribution in [3.63, 3.8) is 0 Å². The van der Waals surface area contributed by atoms with Crippen LogP contribution in [0.5, 0.6) is 5.75 Å². The van der Waals surface area contributed by atoms with Crippen LogP contribution in [0.3, 0.4) is 0 Å². The minimum atomic E-state index is 0.533. The fraction of sp³-hybridized carbons (Fsp3) is 0.400. The van der Waals surface area contributed by atoms with Crippen molar-refractivity contribution in [2.24, 2.45) is 11.7 Å². The van der Waals surface area contributed by atoms with Crippen LogP contribution in [0, 0.1) is 5.92 Å². The second-order valence-electron chi connectivity index (χ2n) is 4.90. The van der Waals surface area contributed by atoms with Gasteiger partial charge in [-0.05, 0) is 36.7 Å². The van der Waals surface area contributed by atoms with Crippen molar-refractivity contribution in [1.82, 2.24) is 4.98 Å². The zero-order valence-electron chi connectivity index (χ0n) is 11.0. The first-order chi connectivity index (χ1) is 8.69. The van der Waals surface area contributed by atoms with Gasteiger partial charge in [0.25, 0.3) is 0 Å². The Labute approximate surface area is 108 Å². The number of hydrogen-bond donors (Lipinski definition) is 1. The van der Waals surface area contributed by atoms with E-state index >= 15 is 0 Å². The third kappa shape index (κ3) is 3.20. The fourth-order valence-corrected chi connectivity index (χ4v) is 1.79. The molecule has 3 heteroatoms. The first-order valence-electron chi connectivity index (χ1n) is 6.41. The molecule has 0 aliphatic rings. The van der Waals surface area contributed by atoms with Crippen molar-refractivity contribution in [2.45, 2.75) is 20.3 Å². The van der Waals surface area contributed by atoms with Gasteiger partial charge in [-0.3, -0.25) is 4.98 Å². The van der Waals surface area contributed by atoms with E-state index in [0.29, 0.717) is 12.5 Å². The van der Waals surface area contributed by atoms with Crippen molar-refractivity contribution < 1.29 is 4.74 Å². The van der Waals surface area contributed by atoms with Crippen LogP contribution >= 0.6 is 0 Å². The molecular formula is C15H20N2O. The topological polar surface area (TPSA) is 48.1 Å². The molecule has 0 amide bonds. The minimum absolute atomic E-state index is 0.533. The van der Waals surface area contributed by atoms with E-state index in [-0.39, 0.29) is 0 Å². The molecule has 0 fully saturated rings. The Bertz CT molecular complexity index is 523. The van der Waals surface area contributed by atoms with E-state index in [9.17, 15) is 0 Å². The van der Waals surface area contributed by atoms with E-state index in [2.05, 4.69) is 24.9 Å². The SMILES string of the molecule is CC(C)COc1ccc2nc(CCN)ccc2c1. The Balaban J connectivity index is 2.21. The van der Waals surface area contributed by atoms with Gasteiger partial charge in [0.05, 0.1) is 12.1 Å². The number of pyridine rings is 1. The second-order valence-corrected chi connectivity index (χ2v) is 4.90. The van der Waals surface area contributed by atoms with E-state index in [1.165, 1.54) is 0 Å². The normalized spacial score (nSPS) is 11.1. The highest BCUT2D eigenvalue weighted by Gasteiger charge is 2.01.